The molecule has 4 aliphatic carbocycles. The van der Waals surface area contributed by atoms with Crippen molar-refractivity contribution in [1.82, 2.24) is 0 Å². The molecule has 4 saturated carbocycles. The summed E-state index contributed by atoms with van der Waals surface area (Å²) in [7, 11) is 0. The van der Waals surface area contributed by atoms with Crippen molar-refractivity contribution in [2.45, 2.75) is 336 Å². The first kappa shape index (κ1) is 81.1. The molecule has 5 unspecified atom stereocenters. The third-order valence-corrected chi connectivity index (χ3v) is 21.5. The van der Waals surface area contributed by atoms with E-state index < -0.39 is 5.60 Å². The van der Waals surface area contributed by atoms with E-state index in [0.29, 0.717) is 57.4 Å². The van der Waals surface area contributed by atoms with Crippen LogP contribution in [0.2, 0.25) is 0 Å². The minimum Gasteiger partial charge on any atom is -0.456 e. The van der Waals surface area contributed by atoms with Crippen LogP contribution >= 0.6 is 0 Å². The first-order valence-corrected chi connectivity index (χ1v) is 37.8. The van der Waals surface area contributed by atoms with Gasteiger partial charge in [-0.25, -0.2) is 24.0 Å². The van der Waals surface area contributed by atoms with Crippen LogP contribution in [0.4, 0.5) is 0 Å². The molecule has 0 heterocycles. The minimum absolute atomic E-state index is 0.158. The van der Waals surface area contributed by atoms with Gasteiger partial charge in [-0.2, -0.15) is 0 Å². The van der Waals surface area contributed by atoms with Crippen LogP contribution in [-0.2, 0) is 23.7 Å². The predicted molar refractivity (Wildman–Crippen MR) is 399 cm³/mol. The number of hydrogen-bond donors (Lipinski definition) is 0. The van der Waals surface area contributed by atoms with Crippen LogP contribution in [0.1, 0.15) is 387 Å². The number of carbonyl (C=O) groups is 5. The van der Waals surface area contributed by atoms with Gasteiger partial charge in [0.25, 0.3) is 0 Å². The highest BCUT2D eigenvalue weighted by molar-refractivity contribution is 5.92. The highest BCUT2D eigenvalue weighted by Gasteiger charge is 2.38. The lowest BCUT2D eigenvalue weighted by molar-refractivity contribution is -0.0399. The highest BCUT2D eigenvalue weighted by Crippen LogP contribution is 2.39. The van der Waals surface area contributed by atoms with Crippen molar-refractivity contribution in [2.24, 2.45) is 0 Å². The third kappa shape index (κ3) is 25.9. The molecule has 5 aromatic rings. The molecule has 9 rings (SSSR count). The monoisotopic (exact) mass is 1330 g/mol. The SMILES string of the molecule is CCC(C)c1ccc(C(=O)OC2(C)CCCC2)cc1.CCC(C)c1ccc(C(=O)OC2(C)CCCCC2)cc1.CCC(C)c1ccc(C(=O)OC2(CC)CCCC2)cc1.CCC(C)c1ccc(C(=O)OC2(CC)CCCCC2)cc1.CCC(C)c1cccc(C(=O)OC(C)(C)C)c1. The summed E-state index contributed by atoms with van der Waals surface area (Å²) in [4.78, 5) is 61.0. The molecule has 10 nitrogen and oxygen atoms in total. The summed E-state index contributed by atoms with van der Waals surface area (Å²) in [6.07, 6.45) is 27.3. The van der Waals surface area contributed by atoms with Crippen LogP contribution in [0, 0.1) is 0 Å². The van der Waals surface area contributed by atoms with Crippen LogP contribution in [0.25, 0.3) is 0 Å². The van der Waals surface area contributed by atoms with E-state index in [4.69, 9.17) is 23.7 Å². The molecule has 534 valence electrons. The third-order valence-electron chi connectivity index (χ3n) is 21.5. The molecule has 0 N–H and O–H groups in total. The minimum atomic E-state index is -0.441. The van der Waals surface area contributed by atoms with Gasteiger partial charge >= 0.3 is 29.8 Å². The predicted octanol–water partition coefficient (Wildman–Crippen LogP) is 24.5. The van der Waals surface area contributed by atoms with E-state index in [1.807, 2.05) is 113 Å². The molecule has 0 spiro atoms. The lowest BCUT2D eigenvalue weighted by atomic mass is 9.82. The molecular formula is C87H126O10. The fraction of sp³-hybridized carbons (Fsp3) is 0.598. The summed E-state index contributed by atoms with van der Waals surface area (Å²) >= 11 is 0. The van der Waals surface area contributed by atoms with Gasteiger partial charge in [0.1, 0.15) is 28.0 Å². The van der Waals surface area contributed by atoms with Gasteiger partial charge in [-0.05, 0) is 300 Å². The number of ether oxygens (including phenoxy) is 5. The van der Waals surface area contributed by atoms with Crippen LogP contribution in [0.5, 0.6) is 0 Å². The van der Waals surface area contributed by atoms with Crippen LogP contribution in [0.3, 0.4) is 0 Å². The maximum atomic E-state index is 12.4. The second kappa shape index (κ2) is 39.3. The fourth-order valence-corrected chi connectivity index (χ4v) is 13.3. The van der Waals surface area contributed by atoms with Gasteiger partial charge in [0.2, 0.25) is 0 Å². The van der Waals surface area contributed by atoms with Crippen molar-refractivity contribution in [3.63, 3.8) is 0 Å². The molecule has 0 amide bonds. The maximum Gasteiger partial charge on any atom is 0.338 e. The van der Waals surface area contributed by atoms with E-state index >= 15 is 0 Å². The second-order valence-electron chi connectivity index (χ2n) is 30.2. The normalized spacial score (nSPS) is 18.0. The highest BCUT2D eigenvalue weighted by atomic mass is 16.6. The molecular weight excluding hydrogens is 1200 g/mol. The van der Waals surface area contributed by atoms with Crippen molar-refractivity contribution in [3.8, 4) is 0 Å². The number of benzene rings is 5. The van der Waals surface area contributed by atoms with E-state index in [0.717, 1.165) is 122 Å². The maximum absolute atomic E-state index is 12.4. The molecule has 0 radical (unpaired) electrons. The molecule has 0 aliphatic heterocycles. The van der Waals surface area contributed by atoms with E-state index in [2.05, 4.69) is 120 Å². The summed E-state index contributed by atoms with van der Waals surface area (Å²) in [6, 6.07) is 39.3. The largest absolute Gasteiger partial charge is 0.456 e. The van der Waals surface area contributed by atoms with Crippen molar-refractivity contribution < 1.29 is 47.7 Å². The first-order chi connectivity index (χ1) is 46.1. The Hall–Kier alpha value is -6.55. The smallest absolute Gasteiger partial charge is 0.338 e. The van der Waals surface area contributed by atoms with Crippen molar-refractivity contribution in [3.05, 3.63) is 177 Å². The quantitative estimate of drug-likeness (QED) is 0.0517. The standard InChI is InChI=1S/C19H28O2.2C18H26O2.C17H24O2.C15H22O2/c1-4-15(3)16-9-11-17(12-10-16)18(20)21-19(5-2)13-7-6-8-14-19;1-4-14(2)15-8-10-16(11-9-15)17(19)20-18(3)12-6-5-7-13-18;1-4-14(3)15-8-10-16(11-9-15)17(19)20-18(5-2)12-6-7-13-18;1-4-13(2)14-7-9-15(10-8-14)16(18)19-17(3)11-5-6-12-17;1-6-11(2)12-8-7-9-13(10-12)14(16)17-15(3,4)5/h9-12,15H,4-8,13-14H2,1-3H3;2*8-11,14H,4-7,12-13H2,1-3H3;7-10,13H,4-6,11-12H2,1-3H3;7-11H,6H2,1-5H3. The van der Waals surface area contributed by atoms with E-state index in [1.54, 1.807) is 6.07 Å². The number of hydrogen-bond acceptors (Lipinski definition) is 10. The topological polar surface area (TPSA) is 132 Å². The van der Waals surface area contributed by atoms with Gasteiger partial charge in [-0.3, -0.25) is 0 Å². The summed E-state index contributed by atoms with van der Waals surface area (Å²) in [6.45, 7) is 35.8. The number of esters is 5. The zero-order valence-electron chi connectivity index (χ0n) is 63.2. The lowest BCUT2D eigenvalue weighted by Crippen LogP contribution is -2.36. The Kier molecular flexibility index (Phi) is 32.9. The molecule has 0 bridgehead atoms. The average Bonchev–Trinajstić information content (AvgIpc) is 1.53. The van der Waals surface area contributed by atoms with Crippen molar-refractivity contribution in [2.75, 3.05) is 0 Å². The molecule has 0 aromatic heterocycles. The van der Waals surface area contributed by atoms with Gasteiger partial charge in [0, 0.05) is 0 Å². The Bertz CT molecular complexity index is 3140. The second-order valence-corrected chi connectivity index (χ2v) is 30.2. The van der Waals surface area contributed by atoms with Gasteiger partial charge in [0.15, 0.2) is 0 Å². The Morgan fingerprint density at radius 3 is 0.866 bits per heavy atom. The summed E-state index contributed by atoms with van der Waals surface area (Å²) < 4.78 is 28.5. The van der Waals surface area contributed by atoms with Crippen LogP contribution in [0.15, 0.2) is 121 Å². The fourth-order valence-electron chi connectivity index (χ4n) is 13.3. The Balaban J connectivity index is 0.000000219. The summed E-state index contributed by atoms with van der Waals surface area (Å²) in [5.41, 5.74) is 8.30. The molecule has 5 atom stereocenters. The van der Waals surface area contributed by atoms with E-state index in [-0.39, 0.29) is 52.3 Å². The van der Waals surface area contributed by atoms with Crippen LogP contribution < -0.4 is 0 Å². The van der Waals surface area contributed by atoms with Gasteiger partial charge < -0.3 is 23.7 Å². The van der Waals surface area contributed by atoms with E-state index in [1.165, 1.54) is 66.3 Å². The summed E-state index contributed by atoms with van der Waals surface area (Å²) in [5.74, 6) is 1.70. The summed E-state index contributed by atoms with van der Waals surface area (Å²) in [5, 5.41) is 0. The van der Waals surface area contributed by atoms with Gasteiger partial charge in [-0.1, -0.05) is 157 Å². The molecule has 4 aliphatic rings. The average molecular weight is 1330 g/mol. The molecule has 4 fully saturated rings. The van der Waals surface area contributed by atoms with Gasteiger partial charge in [-0.15, -0.1) is 0 Å². The molecule has 10 heteroatoms. The molecule has 5 aromatic carbocycles. The van der Waals surface area contributed by atoms with Gasteiger partial charge in [0.05, 0.1) is 27.8 Å². The first-order valence-electron chi connectivity index (χ1n) is 37.8. The Morgan fingerprint density at radius 2 is 0.588 bits per heavy atom. The van der Waals surface area contributed by atoms with Crippen molar-refractivity contribution >= 4 is 29.8 Å². The lowest BCUT2D eigenvalue weighted by Gasteiger charge is -2.36. The molecule has 97 heavy (non-hydrogen) atoms. The Labute approximate surface area is 587 Å². The zero-order chi connectivity index (χ0) is 71.4. The Morgan fingerprint density at radius 1 is 0.330 bits per heavy atom. The van der Waals surface area contributed by atoms with Crippen molar-refractivity contribution in [1.29, 1.82) is 0 Å². The van der Waals surface area contributed by atoms with E-state index in [9.17, 15) is 24.0 Å². The molecule has 0 saturated heterocycles. The number of carbonyl (C=O) groups excluding carboxylic acids is 5. The van der Waals surface area contributed by atoms with Crippen LogP contribution in [-0.4, -0.2) is 57.9 Å². The number of rotatable bonds is 21. The zero-order valence-corrected chi connectivity index (χ0v) is 63.2.